The van der Waals surface area contributed by atoms with Gasteiger partial charge in [-0.3, -0.25) is 9.79 Å². The molecule has 1 aliphatic rings. The zero-order valence-corrected chi connectivity index (χ0v) is 15.5. The van der Waals surface area contributed by atoms with Crippen molar-refractivity contribution in [3.63, 3.8) is 0 Å². The lowest BCUT2D eigenvalue weighted by atomic mass is 10.1. The molecule has 1 aromatic heterocycles. The van der Waals surface area contributed by atoms with E-state index in [2.05, 4.69) is 28.7 Å². The maximum atomic E-state index is 12.7. The van der Waals surface area contributed by atoms with E-state index in [1.165, 1.54) is 12.8 Å². The molecule has 6 heteroatoms. The summed E-state index contributed by atoms with van der Waals surface area (Å²) in [6.45, 7) is 4.90. The molecule has 0 aliphatic carbocycles. The van der Waals surface area contributed by atoms with Crippen molar-refractivity contribution < 1.29 is 4.79 Å². The average molecular weight is 331 g/mol. The van der Waals surface area contributed by atoms with Crippen molar-refractivity contribution in [3.8, 4) is 0 Å². The Morgan fingerprint density at radius 3 is 2.79 bits per heavy atom. The second-order valence-corrected chi connectivity index (χ2v) is 6.50. The van der Waals surface area contributed by atoms with Gasteiger partial charge in [-0.05, 0) is 19.4 Å². The highest BCUT2D eigenvalue weighted by Crippen LogP contribution is 2.31. The average Bonchev–Trinajstić information content (AvgIpc) is 2.79. The molecule has 0 aromatic carbocycles. The quantitative estimate of drug-likeness (QED) is 0.815. The summed E-state index contributed by atoms with van der Waals surface area (Å²) in [4.78, 5) is 23.4. The number of carbonyl (C=O) groups is 1. The Morgan fingerprint density at radius 2 is 2.17 bits per heavy atom. The zero-order valence-electron chi connectivity index (χ0n) is 15.5. The summed E-state index contributed by atoms with van der Waals surface area (Å²) >= 11 is 0. The Balaban J connectivity index is 2.49. The van der Waals surface area contributed by atoms with Crippen LogP contribution in [0.15, 0.2) is 16.1 Å². The Kier molecular flexibility index (Phi) is 6.17. The third-order valence-electron chi connectivity index (χ3n) is 4.33. The van der Waals surface area contributed by atoms with E-state index in [0.29, 0.717) is 12.2 Å². The predicted octanol–water partition coefficient (Wildman–Crippen LogP) is 3.01. The number of rotatable bonds is 6. The lowest BCUT2D eigenvalue weighted by molar-refractivity contribution is 0.0815. The summed E-state index contributed by atoms with van der Waals surface area (Å²) in [5.74, 6) is 1.64. The van der Waals surface area contributed by atoms with E-state index in [-0.39, 0.29) is 11.9 Å². The molecule has 132 valence electrons. The van der Waals surface area contributed by atoms with E-state index in [9.17, 15) is 4.79 Å². The van der Waals surface area contributed by atoms with E-state index >= 15 is 0 Å². The van der Waals surface area contributed by atoms with Crippen molar-refractivity contribution in [3.05, 3.63) is 17.3 Å². The van der Waals surface area contributed by atoms with Crippen LogP contribution in [-0.4, -0.2) is 55.1 Å². The van der Waals surface area contributed by atoms with Crippen LogP contribution in [0.2, 0.25) is 0 Å². The van der Waals surface area contributed by atoms with Crippen molar-refractivity contribution in [2.45, 2.75) is 45.6 Å². The van der Waals surface area contributed by atoms with Crippen molar-refractivity contribution in [2.24, 2.45) is 9.98 Å². The van der Waals surface area contributed by atoms with E-state index < -0.39 is 0 Å². The van der Waals surface area contributed by atoms with Crippen LogP contribution in [0.3, 0.4) is 0 Å². The van der Waals surface area contributed by atoms with Crippen molar-refractivity contribution in [1.29, 1.82) is 0 Å². The van der Waals surface area contributed by atoms with Crippen LogP contribution >= 0.6 is 0 Å². The van der Waals surface area contributed by atoms with E-state index in [0.717, 1.165) is 30.1 Å². The third-order valence-corrected chi connectivity index (χ3v) is 4.33. The van der Waals surface area contributed by atoms with Gasteiger partial charge in [0, 0.05) is 39.0 Å². The van der Waals surface area contributed by atoms with Gasteiger partial charge < -0.3 is 14.8 Å². The number of amidine groups is 1. The normalized spacial score (nSPS) is 14.6. The summed E-state index contributed by atoms with van der Waals surface area (Å²) in [5, 5.41) is 3.09. The number of hydrogen-bond acceptors (Lipinski definition) is 4. The largest absolute Gasteiger partial charge is 0.375 e. The second-order valence-electron chi connectivity index (χ2n) is 6.50. The van der Waals surface area contributed by atoms with Crippen LogP contribution in [0.25, 0.3) is 0 Å². The molecule has 0 bridgehead atoms. The summed E-state index contributed by atoms with van der Waals surface area (Å²) in [6, 6.07) is 2.13. The maximum absolute atomic E-state index is 12.7. The monoisotopic (exact) mass is 331 g/mol. The zero-order chi connectivity index (χ0) is 17.7. The first-order chi connectivity index (χ1) is 11.5. The van der Waals surface area contributed by atoms with Crippen LogP contribution in [0, 0.1) is 0 Å². The van der Waals surface area contributed by atoms with Crippen molar-refractivity contribution in [2.75, 3.05) is 27.7 Å². The summed E-state index contributed by atoms with van der Waals surface area (Å²) in [5.41, 5.74) is 1.59. The van der Waals surface area contributed by atoms with Gasteiger partial charge in [0.15, 0.2) is 0 Å². The fraction of sp³-hybridized carbons (Fsp3) is 0.611. The predicted molar refractivity (Wildman–Crippen MR) is 99.9 cm³/mol. The molecule has 1 aromatic rings. The highest BCUT2D eigenvalue weighted by molar-refractivity contribution is 6.00. The van der Waals surface area contributed by atoms with Gasteiger partial charge in [0.2, 0.25) is 0 Å². The van der Waals surface area contributed by atoms with Crippen molar-refractivity contribution in [1.82, 2.24) is 14.8 Å². The van der Waals surface area contributed by atoms with Gasteiger partial charge in [-0.2, -0.15) is 0 Å². The van der Waals surface area contributed by atoms with Gasteiger partial charge >= 0.3 is 0 Å². The number of nitrogens with zero attached hydrogens (tertiary/aromatic N) is 4. The van der Waals surface area contributed by atoms with Crippen LogP contribution in [-0.2, 0) is 0 Å². The molecule has 1 atom stereocenters. The third kappa shape index (κ3) is 3.86. The van der Waals surface area contributed by atoms with Crippen molar-refractivity contribution >= 4 is 23.8 Å². The number of aliphatic imine (C=N–C) groups is 2. The molecular formula is C18H29N5O. The number of likely N-dealkylation sites (N-methyl/N-ethyl adjacent to an activating group) is 1. The van der Waals surface area contributed by atoms with Gasteiger partial charge in [0.25, 0.3) is 5.91 Å². The Hall–Kier alpha value is -2.11. The summed E-state index contributed by atoms with van der Waals surface area (Å²) < 4.78 is 2.09. The van der Waals surface area contributed by atoms with Crippen LogP contribution < -0.4 is 5.32 Å². The molecule has 6 nitrogen and oxygen atoms in total. The fourth-order valence-electron chi connectivity index (χ4n) is 2.94. The Bertz CT molecular complexity index is 642. The molecule has 0 radical (unpaired) electrons. The standard InChI is InChI=1S/C18H29N5O/c1-6-7-8-9-13(2)23-15(18(24)22(4)5)10-14-11-20-12-16(19-3)21-17(14)23/h10-11,13H,6-9,12H2,1-5H3,(H,19,21). The summed E-state index contributed by atoms with van der Waals surface area (Å²) in [6.07, 6.45) is 6.40. The topological polar surface area (TPSA) is 62.0 Å². The molecule has 0 saturated carbocycles. The molecule has 1 N–H and O–H groups in total. The maximum Gasteiger partial charge on any atom is 0.270 e. The first-order valence-electron chi connectivity index (χ1n) is 8.71. The lowest BCUT2D eigenvalue weighted by Crippen LogP contribution is -2.26. The number of unbranched alkanes of at least 4 members (excludes halogenated alkanes) is 2. The van der Waals surface area contributed by atoms with E-state index in [1.54, 1.807) is 19.0 Å². The van der Waals surface area contributed by atoms with E-state index in [1.807, 2.05) is 19.3 Å². The first-order valence-corrected chi connectivity index (χ1v) is 8.71. The smallest absolute Gasteiger partial charge is 0.270 e. The minimum atomic E-state index is 0.0000210. The number of hydrogen-bond donors (Lipinski definition) is 1. The van der Waals surface area contributed by atoms with Gasteiger partial charge in [-0.25, -0.2) is 4.99 Å². The lowest BCUT2D eigenvalue weighted by Gasteiger charge is -2.21. The highest BCUT2D eigenvalue weighted by atomic mass is 16.2. The second kappa shape index (κ2) is 8.13. The molecule has 0 fully saturated rings. The SMILES string of the molecule is CCCCCC(C)n1c(C(=O)N(C)C)cc2c1N=C(NC)CN=C2. The number of carbonyl (C=O) groups excluding carboxylic acids is 1. The molecule has 1 amide bonds. The highest BCUT2D eigenvalue weighted by Gasteiger charge is 2.24. The molecule has 1 aliphatic heterocycles. The minimum Gasteiger partial charge on any atom is -0.375 e. The number of fused-ring (bicyclic) bond motifs is 1. The Morgan fingerprint density at radius 1 is 1.42 bits per heavy atom. The first kappa shape index (κ1) is 18.2. The van der Waals surface area contributed by atoms with Gasteiger partial charge in [-0.15, -0.1) is 0 Å². The molecule has 0 spiro atoms. The molecule has 2 rings (SSSR count). The van der Waals surface area contributed by atoms with Gasteiger partial charge in [-0.1, -0.05) is 26.2 Å². The molecule has 0 saturated heterocycles. The molecule has 1 unspecified atom stereocenters. The van der Waals surface area contributed by atoms with Gasteiger partial charge in [0.05, 0.1) is 6.54 Å². The van der Waals surface area contributed by atoms with Gasteiger partial charge in [0.1, 0.15) is 17.3 Å². The number of nitrogens with one attached hydrogen (secondary N) is 1. The number of aromatic nitrogens is 1. The molecular weight excluding hydrogens is 302 g/mol. The van der Waals surface area contributed by atoms with Crippen LogP contribution in [0.5, 0.6) is 0 Å². The van der Waals surface area contributed by atoms with E-state index in [4.69, 9.17) is 4.99 Å². The minimum absolute atomic E-state index is 0.0000210. The Labute approximate surface area is 144 Å². The molecule has 2 heterocycles. The van der Waals surface area contributed by atoms with Crippen LogP contribution in [0.4, 0.5) is 5.82 Å². The number of amides is 1. The fourth-order valence-corrected chi connectivity index (χ4v) is 2.94. The molecule has 24 heavy (non-hydrogen) atoms. The van der Waals surface area contributed by atoms with Crippen LogP contribution in [0.1, 0.15) is 61.6 Å². The summed E-state index contributed by atoms with van der Waals surface area (Å²) in [7, 11) is 5.41.